The second kappa shape index (κ2) is 6.99. The van der Waals surface area contributed by atoms with Gasteiger partial charge >= 0.3 is 6.09 Å². The van der Waals surface area contributed by atoms with E-state index >= 15 is 0 Å². The second-order valence-corrected chi connectivity index (χ2v) is 3.26. The van der Waals surface area contributed by atoms with Gasteiger partial charge in [-0.05, 0) is 5.92 Å². The van der Waals surface area contributed by atoms with Crippen LogP contribution in [0.3, 0.4) is 0 Å². The van der Waals surface area contributed by atoms with Crippen molar-refractivity contribution in [3.63, 3.8) is 0 Å². The number of alkyl carbamates (subject to hydrolysis) is 1. The molecule has 14 heavy (non-hydrogen) atoms. The van der Waals surface area contributed by atoms with Gasteiger partial charge in [0.25, 0.3) is 0 Å². The smallest absolute Gasteiger partial charge is 0.407 e. The molecule has 6 nitrogen and oxygen atoms in total. The van der Waals surface area contributed by atoms with E-state index in [0.29, 0.717) is 25.5 Å². The molecule has 0 spiro atoms. The van der Waals surface area contributed by atoms with Gasteiger partial charge in [-0.1, -0.05) is 19.0 Å². The number of ether oxygens (including phenoxy) is 1. The molecule has 0 aliphatic heterocycles. The minimum absolute atomic E-state index is 0.0779. The first-order valence-corrected chi connectivity index (χ1v) is 4.43. The van der Waals surface area contributed by atoms with Crippen molar-refractivity contribution in [3.05, 3.63) is 0 Å². The minimum Gasteiger partial charge on any atom is -0.449 e. The fraction of sp³-hybridized carbons (Fsp3) is 0.750. The highest BCUT2D eigenvalue weighted by atomic mass is 16.5. The molecule has 0 aromatic heterocycles. The predicted octanol–water partition coefficient (Wildman–Crippen LogP) is 0.505. The van der Waals surface area contributed by atoms with E-state index < -0.39 is 6.09 Å². The topological polar surface area (TPSA) is 96.9 Å². The SMILES string of the molecule is CC(C)COC(=O)NCCC(N)=NO. The van der Waals surface area contributed by atoms with Crippen molar-refractivity contribution in [1.29, 1.82) is 0 Å². The van der Waals surface area contributed by atoms with E-state index in [1.165, 1.54) is 0 Å². The van der Waals surface area contributed by atoms with Crippen molar-refractivity contribution >= 4 is 11.9 Å². The van der Waals surface area contributed by atoms with Crippen LogP contribution in [0.5, 0.6) is 0 Å². The van der Waals surface area contributed by atoms with Crippen molar-refractivity contribution in [3.8, 4) is 0 Å². The number of nitrogens with two attached hydrogens (primary N) is 1. The summed E-state index contributed by atoms with van der Waals surface area (Å²) in [5.74, 6) is 0.388. The number of amidine groups is 1. The van der Waals surface area contributed by atoms with Crippen LogP contribution in [0.4, 0.5) is 4.79 Å². The first-order chi connectivity index (χ1) is 6.56. The highest BCUT2D eigenvalue weighted by Crippen LogP contribution is 1.92. The number of amides is 1. The van der Waals surface area contributed by atoms with Crippen molar-refractivity contribution in [2.45, 2.75) is 20.3 Å². The van der Waals surface area contributed by atoms with Crippen molar-refractivity contribution < 1.29 is 14.7 Å². The Balaban J connectivity index is 3.45. The molecule has 0 saturated heterocycles. The Hall–Kier alpha value is -1.46. The van der Waals surface area contributed by atoms with Gasteiger partial charge in [-0.25, -0.2) is 4.79 Å². The first kappa shape index (κ1) is 12.5. The summed E-state index contributed by atoms with van der Waals surface area (Å²) >= 11 is 0. The molecule has 0 bridgehead atoms. The van der Waals surface area contributed by atoms with Crippen LogP contribution in [0, 0.1) is 5.92 Å². The molecule has 0 saturated carbocycles. The van der Waals surface area contributed by atoms with Gasteiger partial charge in [-0.15, -0.1) is 0 Å². The molecule has 4 N–H and O–H groups in total. The Labute approximate surface area is 83.1 Å². The van der Waals surface area contributed by atoms with E-state index in [4.69, 9.17) is 15.7 Å². The van der Waals surface area contributed by atoms with Gasteiger partial charge in [0, 0.05) is 13.0 Å². The molecule has 0 unspecified atom stereocenters. The summed E-state index contributed by atoms with van der Waals surface area (Å²) in [6.45, 7) is 4.58. The normalized spacial score (nSPS) is 11.5. The van der Waals surface area contributed by atoms with Gasteiger partial charge < -0.3 is 21.0 Å². The molecule has 82 valence electrons. The number of carbonyl (C=O) groups is 1. The maximum absolute atomic E-state index is 10.9. The van der Waals surface area contributed by atoms with Gasteiger partial charge in [-0.2, -0.15) is 0 Å². The molecule has 0 heterocycles. The number of nitrogens with one attached hydrogen (secondary N) is 1. The van der Waals surface area contributed by atoms with E-state index in [0.717, 1.165) is 0 Å². The Bertz CT molecular complexity index is 204. The third-order valence-corrected chi connectivity index (χ3v) is 1.33. The molecule has 0 rings (SSSR count). The monoisotopic (exact) mass is 203 g/mol. The predicted molar refractivity (Wildman–Crippen MR) is 52.2 cm³/mol. The van der Waals surface area contributed by atoms with Crippen LogP contribution < -0.4 is 11.1 Å². The number of rotatable bonds is 5. The molecule has 6 heteroatoms. The summed E-state index contributed by atoms with van der Waals surface area (Å²) in [5, 5.41) is 13.4. The van der Waals surface area contributed by atoms with Crippen molar-refractivity contribution in [1.82, 2.24) is 5.32 Å². The average Bonchev–Trinajstić information content (AvgIpc) is 2.14. The largest absolute Gasteiger partial charge is 0.449 e. The molecule has 0 aromatic carbocycles. The van der Waals surface area contributed by atoms with E-state index in [1.807, 2.05) is 13.8 Å². The standard InChI is InChI=1S/C8H17N3O3/c1-6(2)5-14-8(12)10-4-3-7(9)11-13/h6,13H,3-5H2,1-2H3,(H2,9,11)(H,10,12). The Morgan fingerprint density at radius 1 is 1.64 bits per heavy atom. The molecule has 0 fully saturated rings. The Morgan fingerprint density at radius 2 is 2.29 bits per heavy atom. The van der Waals surface area contributed by atoms with E-state index in [2.05, 4.69) is 10.5 Å². The maximum Gasteiger partial charge on any atom is 0.407 e. The summed E-state index contributed by atoms with van der Waals surface area (Å²) in [7, 11) is 0. The molecular weight excluding hydrogens is 186 g/mol. The van der Waals surface area contributed by atoms with Crippen LogP contribution in [0.25, 0.3) is 0 Å². The van der Waals surface area contributed by atoms with Crippen molar-refractivity contribution in [2.24, 2.45) is 16.8 Å². The minimum atomic E-state index is -0.482. The fourth-order valence-electron chi connectivity index (χ4n) is 0.636. The van der Waals surface area contributed by atoms with Crippen LogP contribution in [0.1, 0.15) is 20.3 Å². The zero-order valence-electron chi connectivity index (χ0n) is 8.49. The van der Waals surface area contributed by atoms with Gasteiger partial charge in [-0.3, -0.25) is 0 Å². The Morgan fingerprint density at radius 3 is 2.79 bits per heavy atom. The van der Waals surface area contributed by atoms with Crippen LogP contribution in [-0.4, -0.2) is 30.3 Å². The highest BCUT2D eigenvalue weighted by Gasteiger charge is 2.03. The van der Waals surface area contributed by atoms with E-state index in [1.54, 1.807) is 0 Å². The average molecular weight is 203 g/mol. The number of oxime groups is 1. The summed E-state index contributed by atoms with van der Waals surface area (Å²) in [6, 6.07) is 0. The maximum atomic E-state index is 10.9. The quantitative estimate of drug-likeness (QED) is 0.262. The van der Waals surface area contributed by atoms with Crippen molar-refractivity contribution in [2.75, 3.05) is 13.2 Å². The molecule has 0 aliphatic carbocycles. The van der Waals surface area contributed by atoms with Crippen LogP contribution in [0.2, 0.25) is 0 Å². The lowest BCUT2D eigenvalue weighted by Crippen LogP contribution is -2.29. The van der Waals surface area contributed by atoms with Crippen LogP contribution in [-0.2, 0) is 4.74 Å². The molecule has 0 aromatic rings. The summed E-state index contributed by atoms with van der Waals surface area (Å²) in [6.07, 6.45) is -0.183. The lowest BCUT2D eigenvalue weighted by Gasteiger charge is -2.07. The van der Waals surface area contributed by atoms with E-state index in [-0.39, 0.29) is 5.84 Å². The molecule has 0 radical (unpaired) electrons. The molecule has 0 atom stereocenters. The zero-order chi connectivity index (χ0) is 11.0. The lowest BCUT2D eigenvalue weighted by atomic mass is 10.2. The fourth-order valence-corrected chi connectivity index (χ4v) is 0.636. The molecule has 0 aliphatic rings. The number of nitrogens with zero attached hydrogens (tertiary/aromatic N) is 1. The second-order valence-electron chi connectivity index (χ2n) is 3.26. The summed E-state index contributed by atoms with van der Waals surface area (Å²) in [4.78, 5) is 10.9. The van der Waals surface area contributed by atoms with Gasteiger partial charge in [0.05, 0.1) is 6.61 Å². The summed E-state index contributed by atoms with van der Waals surface area (Å²) in [5.41, 5.74) is 5.19. The lowest BCUT2D eigenvalue weighted by molar-refractivity contribution is 0.133. The van der Waals surface area contributed by atoms with Gasteiger partial charge in [0.2, 0.25) is 0 Å². The molecule has 1 amide bonds. The number of hydrogen-bond donors (Lipinski definition) is 3. The summed E-state index contributed by atoms with van der Waals surface area (Å²) < 4.78 is 4.83. The first-order valence-electron chi connectivity index (χ1n) is 4.43. The highest BCUT2D eigenvalue weighted by molar-refractivity contribution is 5.80. The van der Waals surface area contributed by atoms with Gasteiger partial charge in [0.1, 0.15) is 5.84 Å². The Kier molecular flexibility index (Phi) is 6.26. The van der Waals surface area contributed by atoms with Crippen LogP contribution >= 0.6 is 0 Å². The number of hydrogen-bond acceptors (Lipinski definition) is 4. The number of carbonyl (C=O) groups excluding carboxylic acids is 1. The van der Waals surface area contributed by atoms with Crippen LogP contribution in [0.15, 0.2) is 5.16 Å². The van der Waals surface area contributed by atoms with E-state index in [9.17, 15) is 4.79 Å². The molecular formula is C8H17N3O3. The third kappa shape index (κ3) is 7.20. The third-order valence-electron chi connectivity index (χ3n) is 1.33. The van der Waals surface area contributed by atoms with Gasteiger partial charge in [0.15, 0.2) is 0 Å². The zero-order valence-corrected chi connectivity index (χ0v) is 8.49.